The summed E-state index contributed by atoms with van der Waals surface area (Å²) in [6, 6.07) is 7.56. The summed E-state index contributed by atoms with van der Waals surface area (Å²) in [5.41, 5.74) is -0.871. The molecule has 4 fully saturated rings. The Balaban J connectivity index is 1.23. The maximum Gasteiger partial charge on any atom is 0.151 e. The summed E-state index contributed by atoms with van der Waals surface area (Å²) in [7, 11) is 3.67. The predicted molar refractivity (Wildman–Crippen MR) is 175 cm³/mol. The van der Waals surface area contributed by atoms with Gasteiger partial charge in [-0.2, -0.15) is 5.10 Å². The second-order valence-corrected chi connectivity index (χ2v) is 15.3. The zero-order valence-corrected chi connectivity index (χ0v) is 28.6. The Bertz CT molecular complexity index is 1420. The number of rotatable bonds is 8. The number of hydrazone groups is 1. The van der Waals surface area contributed by atoms with Crippen molar-refractivity contribution in [1.82, 2.24) is 10.3 Å². The van der Waals surface area contributed by atoms with Crippen LogP contribution < -0.4 is 10.1 Å². The van der Waals surface area contributed by atoms with Crippen molar-refractivity contribution in [2.75, 3.05) is 33.9 Å². The summed E-state index contributed by atoms with van der Waals surface area (Å²) in [6.07, 6.45) is 4.98. The van der Waals surface area contributed by atoms with Crippen LogP contribution in [-0.4, -0.2) is 90.2 Å². The smallest absolute Gasteiger partial charge is 0.151 e. The van der Waals surface area contributed by atoms with Gasteiger partial charge >= 0.3 is 0 Å². The van der Waals surface area contributed by atoms with E-state index in [1.165, 1.54) is 0 Å². The summed E-state index contributed by atoms with van der Waals surface area (Å²) < 4.78 is 29.6. The average molecular weight is 690 g/mol. The molecule has 0 radical (unpaired) electrons. The van der Waals surface area contributed by atoms with E-state index >= 15 is 4.39 Å². The van der Waals surface area contributed by atoms with E-state index in [0.29, 0.717) is 42.9 Å². The second-order valence-electron chi connectivity index (χ2n) is 14.4. The van der Waals surface area contributed by atoms with E-state index in [4.69, 9.17) is 19.4 Å². The third-order valence-electron chi connectivity index (χ3n) is 11.0. The van der Waals surface area contributed by atoms with Gasteiger partial charge in [0.2, 0.25) is 0 Å². The van der Waals surface area contributed by atoms with Gasteiger partial charge in [0.15, 0.2) is 6.61 Å². The third kappa shape index (κ3) is 5.36. The van der Waals surface area contributed by atoms with Crippen molar-refractivity contribution in [2.45, 2.75) is 76.6 Å². The van der Waals surface area contributed by atoms with E-state index in [9.17, 15) is 10.2 Å². The highest BCUT2D eigenvalue weighted by Crippen LogP contribution is 2.69. The Morgan fingerprint density at radius 2 is 1.89 bits per heavy atom. The van der Waals surface area contributed by atoms with Gasteiger partial charge in [-0.15, -0.1) is 0 Å². The molecular weight excluding hydrogens is 643 g/mol. The fourth-order valence-corrected chi connectivity index (χ4v) is 9.81. The Kier molecular flexibility index (Phi) is 8.51. The lowest BCUT2D eigenvalue weighted by atomic mass is 9.45. The minimum atomic E-state index is -1.20. The third-order valence-corrected chi connectivity index (χ3v) is 11.5. The van der Waals surface area contributed by atoms with Gasteiger partial charge in [0.1, 0.15) is 30.0 Å². The number of oxime groups is 1. The first-order valence-corrected chi connectivity index (χ1v) is 16.7. The Morgan fingerprint density at radius 1 is 1.16 bits per heavy atom. The molecule has 3 N–H and O–H groups in total. The van der Waals surface area contributed by atoms with Gasteiger partial charge in [-0.3, -0.25) is 5.32 Å². The lowest BCUT2D eigenvalue weighted by Crippen LogP contribution is -2.69. The van der Waals surface area contributed by atoms with Crippen molar-refractivity contribution < 1.29 is 28.9 Å². The number of alkyl halides is 1. The van der Waals surface area contributed by atoms with Crippen LogP contribution in [0.5, 0.6) is 5.75 Å². The molecule has 1 aromatic rings. The molecule has 1 heterocycles. The summed E-state index contributed by atoms with van der Waals surface area (Å²) in [5.74, 6) is 0.512. The molecule has 6 rings (SSSR count). The molecule has 9 atom stereocenters. The summed E-state index contributed by atoms with van der Waals surface area (Å²) in [6.45, 7) is 8.53. The van der Waals surface area contributed by atoms with Crippen LogP contribution in [0.2, 0.25) is 0 Å². The van der Waals surface area contributed by atoms with Crippen LogP contribution in [0.1, 0.15) is 47.0 Å². The van der Waals surface area contributed by atoms with Crippen molar-refractivity contribution >= 4 is 27.4 Å². The van der Waals surface area contributed by atoms with Crippen LogP contribution in [0.25, 0.3) is 0 Å². The van der Waals surface area contributed by atoms with Gasteiger partial charge in [0.05, 0.1) is 30.1 Å². The summed E-state index contributed by atoms with van der Waals surface area (Å²) in [5, 5.41) is 37.1. The first-order valence-electron chi connectivity index (χ1n) is 15.9. The molecule has 0 unspecified atom stereocenters. The van der Waals surface area contributed by atoms with Crippen LogP contribution >= 0.6 is 15.9 Å². The lowest BCUT2D eigenvalue weighted by Gasteiger charge is -2.61. The number of ether oxygens (including phenoxy) is 2. The highest BCUT2D eigenvalue weighted by atomic mass is 79.9. The molecule has 0 spiro atoms. The van der Waals surface area contributed by atoms with Crippen molar-refractivity contribution in [2.24, 2.45) is 38.8 Å². The van der Waals surface area contributed by atoms with E-state index in [1.807, 2.05) is 71.3 Å². The Hall–Kier alpha value is -2.31. The van der Waals surface area contributed by atoms with Crippen LogP contribution in [-0.2, 0) is 9.57 Å². The molecule has 4 aliphatic carbocycles. The topological polar surface area (TPSA) is 108 Å². The number of hydrogen-bond acceptors (Lipinski definition) is 9. The molecule has 5 aliphatic rings. The van der Waals surface area contributed by atoms with Gasteiger partial charge in [-0.1, -0.05) is 41.0 Å². The zero-order chi connectivity index (χ0) is 32.4. The quantitative estimate of drug-likeness (QED) is 0.204. The molecule has 1 aliphatic heterocycles. The van der Waals surface area contributed by atoms with Crippen LogP contribution in [0.3, 0.4) is 0 Å². The standard InChI is InChI=1S/C34H46BrFN4O5/c1-31(2)39-34(28(19-41)37-40(5)6)29(45-31)17-24-23-16-26(36)25-15-21(38-44-14-13-43-22-9-7-20(35)8-10-22)11-12-32(25,3)30(23)27(42)18-33(24,34)4/h7-12,15,23-24,26-27,29-30,39,41-42H,13-14,16-19H2,1-6H3/b37-28?,38-21+/t23-,24-,26-,27-,29+,30+,32-,33-,34+/m0/s1. The summed E-state index contributed by atoms with van der Waals surface area (Å²) >= 11 is 3.41. The lowest BCUT2D eigenvalue weighted by molar-refractivity contribution is -0.127. The SMILES string of the molecule is CN(C)N=C(CO)[C@@]12NC(C)(C)O[C@@H]1C[C@H]1[C@@H]3C[C@H](F)C4=C/C(=N/OCCOc5ccc(Br)cc5)C=C[C@]4(C)[C@H]3[C@@H](O)C[C@@]12C. The second kappa shape index (κ2) is 11.7. The minimum absolute atomic E-state index is 0.0487. The fourth-order valence-electron chi connectivity index (χ4n) is 9.54. The normalized spacial score (nSPS) is 40.7. The van der Waals surface area contributed by atoms with Gasteiger partial charge in [-0.25, -0.2) is 4.39 Å². The van der Waals surface area contributed by atoms with E-state index < -0.39 is 34.4 Å². The monoisotopic (exact) mass is 688 g/mol. The molecular formula is C34H46BrFN4O5. The molecule has 45 heavy (non-hydrogen) atoms. The molecule has 9 nitrogen and oxygen atoms in total. The number of benzene rings is 1. The maximum absolute atomic E-state index is 16.4. The van der Waals surface area contributed by atoms with E-state index in [-0.39, 0.29) is 37.1 Å². The van der Waals surface area contributed by atoms with Crippen LogP contribution in [0.4, 0.5) is 4.39 Å². The molecule has 0 bridgehead atoms. The van der Waals surface area contributed by atoms with Crippen LogP contribution in [0.15, 0.2) is 62.8 Å². The van der Waals surface area contributed by atoms with Gasteiger partial charge in [0.25, 0.3) is 0 Å². The number of nitrogens with one attached hydrogen (secondary N) is 1. The number of allylic oxidation sites excluding steroid dienone is 4. The van der Waals surface area contributed by atoms with Gasteiger partial charge < -0.3 is 29.5 Å². The first kappa shape index (κ1) is 32.6. The van der Waals surface area contributed by atoms with Crippen molar-refractivity contribution in [3.63, 3.8) is 0 Å². The van der Waals surface area contributed by atoms with E-state index in [0.717, 1.165) is 10.2 Å². The molecule has 0 amide bonds. The predicted octanol–water partition coefficient (Wildman–Crippen LogP) is 4.84. The van der Waals surface area contributed by atoms with Crippen molar-refractivity contribution in [1.29, 1.82) is 0 Å². The Morgan fingerprint density at radius 3 is 2.58 bits per heavy atom. The molecule has 0 aromatic heterocycles. The highest BCUT2D eigenvalue weighted by molar-refractivity contribution is 9.10. The number of hydrogen-bond donors (Lipinski definition) is 3. The molecule has 3 saturated carbocycles. The van der Waals surface area contributed by atoms with Crippen LogP contribution in [0, 0.1) is 28.6 Å². The summed E-state index contributed by atoms with van der Waals surface area (Å²) in [4.78, 5) is 5.53. The van der Waals surface area contributed by atoms with Crippen molar-refractivity contribution in [3.8, 4) is 5.75 Å². The zero-order valence-electron chi connectivity index (χ0n) is 27.0. The first-order chi connectivity index (χ1) is 21.2. The highest BCUT2D eigenvalue weighted by Gasteiger charge is 2.75. The number of fused-ring (bicyclic) bond motifs is 7. The van der Waals surface area contributed by atoms with E-state index in [1.54, 1.807) is 11.1 Å². The molecule has 246 valence electrons. The van der Waals surface area contributed by atoms with Crippen molar-refractivity contribution in [3.05, 3.63) is 52.5 Å². The van der Waals surface area contributed by atoms with Gasteiger partial charge in [0, 0.05) is 29.9 Å². The fraction of sp³-hybridized carbons (Fsp3) is 0.647. The number of halogens is 2. The minimum Gasteiger partial charge on any atom is -0.490 e. The van der Waals surface area contributed by atoms with E-state index in [2.05, 4.69) is 33.3 Å². The van der Waals surface area contributed by atoms with Gasteiger partial charge in [-0.05, 0) is 92.4 Å². The maximum atomic E-state index is 16.4. The number of aliphatic hydroxyl groups is 2. The number of nitrogens with zero attached hydrogens (tertiary/aromatic N) is 3. The molecule has 11 heteroatoms. The largest absolute Gasteiger partial charge is 0.490 e. The average Bonchev–Trinajstić information content (AvgIpc) is 3.37. The molecule has 1 aromatic carbocycles. The molecule has 1 saturated heterocycles. The number of aliphatic hydroxyl groups excluding tert-OH is 2. The Labute approximate surface area is 273 Å².